The Morgan fingerprint density at radius 1 is 1.17 bits per heavy atom. The van der Waals surface area contributed by atoms with Crippen LogP contribution in [-0.4, -0.2) is 74.5 Å². The van der Waals surface area contributed by atoms with Crippen LogP contribution in [0, 0.1) is 0 Å². The van der Waals surface area contributed by atoms with Crippen molar-refractivity contribution in [3.8, 4) is 0 Å². The van der Waals surface area contributed by atoms with Gasteiger partial charge in [-0.1, -0.05) is 23.2 Å². The highest BCUT2D eigenvalue weighted by Gasteiger charge is 2.38. The number of thiophene rings is 1. The minimum absolute atomic E-state index is 0.0178. The smallest absolute Gasteiger partial charge is 0.236 e. The third kappa shape index (κ3) is 4.69. The second kappa shape index (κ2) is 8.76. The molecule has 1 aromatic heterocycles. The standard InChI is InChI=1S/C20H23Cl2N3O3S2/c1-23(17-13-30(27,28)18-4-2-14(21)10-16(17)18)12-20(26)25-8-6-24(7-9-25)11-15-3-5-19(22)29-15/h2-5,10,17H,6-9,11-13H2,1H3. The Labute approximate surface area is 190 Å². The molecule has 162 valence electrons. The maximum Gasteiger partial charge on any atom is 0.236 e. The van der Waals surface area contributed by atoms with Crippen LogP contribution in [0.1, 0.15) is 16.5 Å². The van der Waals surface area contributed by atoms with E-state index in [1.165, 1.54) is 4.88 Å². The first kappa shape index (κ1) is 22.0. The number of rotatable bonds is 5. The maximum atomic E-state index is 12.8. The van der Waals surface area contributed by atoms with Gasteiger partial charge in [0, 0.05) is 42.6 Å². The molecule has 1 saturated heterocycles. The first-order chi connectivity index (χ1) is 14.2. The van der Waals surface area contributed by atoms with Crippen molar-refractivity contribution in [2.24, 2.45) is 0 Å². The molecule has 10 heteroatoms. The number of hydrogen-bond donors (Lipinski definition) is 0. The molecule has 2 aliphatic heterocycles. The molecule has 0 spiro atoms. The lowest BCUT2D eigenvalue weighted by Crippen LogP contribution is -2.50. The van der Waals surface area contributed by atoms with E-state index < -0.39 is 9.84 Å². The van der Waals surface area contributed by atoms with E-state index in [0.717, 1.165) is 24.0 Å². The molecular formula is C20H23Cl2N3O3S2. The topological polar surface area (TPSA) is 60.9 Å². The molecule has 4 rings (SSSR count). The van der Waals surface area contributed by atoms with Crippen molar-refractivity contribution in [2.75, 3.05) is 45.5 Å². The summed E-state index contributed by atoms with van der Waals surface area (Å²) < 4.78 is 25.7. The molecule has 0 N–H and O–H groups in total. The molecule has 1 atom stereocenters. The first-order valence-electron chi connectivity index (χ1n) is 9.70. The van der Waals surface area contributed by atoms with Gasteiger partial charge in [-0.15, -0.1) is 11.3 Å². The Kier molecular flexibility index (Phi) is 6.44. The number of halogens is 2. The largest absolute Gasteiger partial charge is 0.339 e. The second-order valence-electron chi connectivity index (χ2n) is 7.76. The third-order valence-electron chi connectivity index (χ3n) is 5.69. The molecule has 6 nitrogen and oxygen atoms in total. The number of sulfone groups is 1. The van der Waals surface area contributed by atoms with Gasteiger partial charge in [-0.3, -0.25) is 14.6 Å². The summed E-state index contributed by atoms with van der Waals surface area (Å²) in [4.78, 5) is 20.4. The number of amides is 1. The van der Waals surface area contributed by atoms with E-state index in [9.17, 15) is 13.2 Å². The molecule has 2 aromatic rings. The van der Waals surface area contributed by atoms with Gasteiger partial charge in [0.25, 0.3) is 0 Å². The zero-order chi connectivity index (χ0) is 21.5. The predicted octanol–water partition coefficient (Wildman–Crippen LogP) is 3.16. The van der Waals surface area contributed by atoms with Gasteiger partial charge in [0.1, 0.15) is 0 Å². The summed E-state index contributed by atoms with van der Waals surface area (Å²) in [5.74, 6) is -0.00643. The lowest BCUT2D eigenvalue weighted by Gasteiger charge is -2.36. The number of piperazine rings is 1. The summed E-state index contributed by atoms with van der Waals surface area (Å²) >= 11 is 13.7. The van der Waals surface area contributed by atoms with Crippen LogP contribution in [0.25, 0.3) is 0 Å². The average Bonchev–Trinajstić information content (AvgIpc) is 3.22. The maximum absolute atomic E-state index is 12.8. The monoisotopic (exact) mass is 487 g/mol. The third-order valence-corrected chi connectivity index (χ3v) is 8.94. The Bertz CT molecular complexity index is 1050. The van der Waals surface area contributed by atoms with Crippen LogP contribution in [0.2, 0.25) is 9.36 Å². The number of carbonyl (C=O) groups is 1. The van der Waals surface area contributed by atoms with Gasteiger partial charge in [0.05, 0.1) is 27.6 Å². The lowest BCUT2D eigenvalue weighted by atomic mass is 10.1. The second-order valence-corrected chi connectivity index (χ2v) is 12.0. The van der Waals surface area contributed by atoms with Crippen molar-refractivity contribution in [3.63, 3.8) is 0 Å². The zero-order valence-corrected chi connectivity index (χ0v) is 19.7. The molecule has 3 heterocycles. The van der Waals surface area contributed by atoms with E-state index >= 15 is 0 Å². The van der Waals surface area contributed by atoms with Crippen LogP contribution in [0.3, 0.4) is 0 Å². The molecule has 1 unspecified atom stereocenters. The van der Waals surface area contributed by atoms with Gasteiger partial charge >= 0.3 is 0 Å². The van der Waals surface area contributed by atoms with Crippen molar-refractivity contribution in [2.45, 2.75) is 17.5 Å². The zero-order valence-electron chi connectivity index (χ0n) is 16.6. The Morgan fingerprint density at radius 2 is 1.90 bits per heavy atom. The SMILES string of the molecule is CN(CC(=O)N1CCN(Cc2ccc(Cl)s2)CC1)C1CS(=O)(=O)c2ccc(Cl)cc21. The predicted molar refractivity (Wildman–Crippen MR) is 120 cm³/mol. The van der Waals surface area contributed by atoms with Crippen LogP contribution >= 0.6 is 34.5 Å². The summed E-state index contributed by atoms with van der Waals surface area (Å²) in [5.41, 5.74) is 0.678. The molecule has 0 saturated carbocycles. The minimum Gasteiger partial charge on any atom is -0.339 e. The van der Waals surface area contributed by atoms with Crippen molar-refractivity contribution in [3.05, 3.63) is 50.1 Å². The average molecular weight is 488 g/mol. The van der Waals surface area contributed by atoms with Crippen molar-refractivity contribution in [1.82, 2.24) is 14.7 Å². The number of hydrogen-bond acceptors (Lipinski definition) is 6. The highest BCUT2D eigenvalue weighted by atomic mass is 35.5. The van der Waals surface area contributed by atoms with Gasteiger partial charge in [0.15, 0.2) is 9.84 Å². The number of benzene rings is 1. The number of fused-ring (bicyclic) bond motifs is 1. The molecular weight excluding hydrogens is 465 g/mol. The molecule has 1 aromatic carbocycles. The molecule has 1 amide bonds. The Morgan fingerprint density at radius 3 is 2.57 bits per heavy atom. The molecule has 0 radical (unpaired) electrons. The van der Waals surface area contributed by atoms with E-state index in [1.807, 2.05) is 21.9 Å². The van der Waals surface area contributed by atoms with E-state index in [1.54, 1.807) is 36.6 Å². The van der Waals surface area contributed by atoms with E-state index in [4.69, 9.17) is 23.2 Å². The summed E-state index contributed by atoms with van der Waals surface area (Å²) in [7, 11) is -1.56. The Hall–Kier alpha value is -1.16. The lowest BCUT2D eigenvalue weighted by molar-refractivity contribution is -0.134. The summed E-state index contributed by atoms with van der Waals surface area (Å²) in [6.07, 6.45) is 0. The van der Waals surface area contributed by atoms with Crippen molar-refractivity contribution < 1.29 is 13.2 Å². The summed E-state index contributed by atoms with van der Waals surface area (Å²) in [6, 6.07) is 8.43. The van der Waals surface area contributed by atoms with E-state index in [2.05, 4.69) is 4.90 Å². The van der Waals surface area contributed by atoms with Gasteiger partial charge < -0.3 is 4.90 Å². The number of nitrogens with zero attached hydrogens (tertiary/aromatic N) is 3. The number of likely N-dealkylation sites (N-methyl/N-ethyl adjacent to an activating group) is 1. The Balaban J connectivity index is 1.34. The molecule has 1 fully saturated rings. The molecule has 30 heavy (non-hydrogen) atoms. The van der Waals surface area contributed by atoms with Gasteiger partial charge in [0.2, 0.25) is 5.91 Å². The van der Waals surface area contributed by atoms with E-state index in [-0.39, 0.29) is 24.2 Å². The van der Waals surface area contributed by atoms with Crippen molar-refractivity contribution >= 4 is 50.3 Å². The van der Waals surface area contributed by atoms with Gasteiger partial charge in [-0.2, -0.15) is 0 Å². The van der Waals surface area contributed by atoms with Crippen molar-refractivity contribution in [1.29, 1.82) is 0 Å². The molecule has 2 aliphatic rings. The fraction of sp³-hybridized carbons (Fsp3) is 0.450. The quantitative estimate of drug-likeness (QED) is 0.647. The van der Waals surface area contributed by atoms with Crippen LogP contribution in [0.15, 0.2) is 35.2 Å². The fourth-order valence-corrected chi connectivity index (χ4v) is 7.22. The fourth-order valence-electron chi connectivity index (χ4n) is 4.05. The number of carbonyl (C=O) groups excluding carboxylic acids is 1. The van der Waals surface area contributed by atoms with Gasteiger partial charge in [-0.25, -0.2) is 8.42 Å². The minimum atomic E-state index is -3.35. The highest BCUT2D eigenvalue weighted by molar-refractivity contribution is 7.91. The van der Waals surface area contributed by atoms with Crippen LogP contribution in [-0.2, 0) is 21.2 Å². The summed E-state index contributed by atoms with van der Waals surface area (Å²) in [6.45, 7) is 3.96. The highest BCUT2D eigenvalue weighted by Crippen LogP contribution is 2.38. The van der Waals surface area contributed by atoms with Crippen LogP contribution < -0.4 is 0 Å². The summed E-state index contributed by atoms with van der Waals surface area (Å²) in [5, 5.41) is 0.499. The normalized spacial score (nSPS) is 21.2. The van der Waals surface area contributed by atoms with Crippen LogP contribution in [0.4, 0.5) is 0 Å². The van der Waals surface area contributed by atoms with Crippen LogP contribution in [0.5, 0.6) is 0 Å². The molecule has 0 bridgehead atoms. The first-order valence-corrected chi connectivity index (χ1v) is 12.9. The van der Waals surface area contributed by atoms with Gasteiger partial charge in [-0.05, 0) is 42.9 Å². The van der Waals surface area contributed by atoms with E-state index in [0.29, 0.717) is 28.6 Å². The molecule has 0 aliphatic carbocycles.